The van der Waals surface area contributed by atoms with E-state index in [0.29, 0.717) is 0 Å². The van der Waals surface area contributed by atoms with Gasteiger partial charge < -0.3 is 5.32 Å². The van der Waals surface area contributed by atoms with Gasteiger partial charge in [0.25, 0.3) is 0 Å². The van der Waals surface area contributed by atoms with Crippen molar-refractivity contribution in [2.24, 2.45) is 0 Å². The summed E-state index contributed by atoms with van der Waals surface area (Å²) in [4.78, 5) is 0. The summed E-state index contributed by atoms with van der Waals surface area (Å²) in [5.41, 5.74) is 5.49. The zero-order valence-electron chi connectivity index (χ0n) is 10.2. The van der Waals surface area contributed by atoms with Crippen molar-refractivity contribution < 1.29 is 0 Å². The lowest BCUT2D eigenvalue weighted by Crippen LogP contribution is -1.99. The van der Waals surface area contributed by atoms with Crippen LogP contribution in [0.15, 0.2) is 42.5 Å². The molecule has 1 nitrogen and oxygen atoms in total. The molecule has 0 radical (unpaired) electrons. The maximum Gasteiger partial charge on any atom is 0.0406 e. The zero-order valence-corrected chi connectivity index (χ0v) is 11.0. The van der Waals surface area contributed by atoms with Gasteiger partial charge in [0.15, 0.2) is 0 Å². The number of nitrogens with one attached hydrogen (secondary N) is 1. The van der Waals surface area contributed by atoms with Crippen LogP contribution in [0.5, 0.6) is 0 Å². The summed E-state index contributed by atoms with van der Waals surface area (Å²) in [5.74, 6) is 0. The minimum absolute atomic E-state index is 0.788. The molecule has 0 amide bonds. The van der Waals surface area contributed by atoms with Gasteiger partial charge >= 0.3 is 0 Å². The molecule has 0 bridgehead atoms. The third kappa shape index (κ3) is 2.51. The van der Waals surface area contributed by atoms with Crippen LogP contribution in [0, 0.1) is 0 Å². The monoisotopic (exact) mass is 257 g/mol. The van der Waals surface area contributed by atoms with Crippen molar-refractivity contribution >= 4 is 17.3 Å². The fourth-order valence-corrected chi connectivity index (χ4v) is 2.61. The number of aryl methyl sites for hydroxylation is 2. The van der Waals surface area contributed by atoms with E-state index in [0.717, 1.165) is 11.6 Å². The van der Waals surface area contributed by atoms with Gasteiger partial charge in [-0.25, -0.2) is 0 Å². The van der Waals surface area contributed by atoms with Gasteiger partial charge in [-0.15, -0.1) is 0 Å². The Balaban J connectivity index is 1.68. The number of rotatable bonds is 3. The van der Waals surface area contributed by atoms with E-state index >= 15 is 0 Å². The largest absolute Gasteiger partial charge is 0.381 e. The molecule has 0 aliphatic heterocycles. The SMILES string of the molecule is Clc1ccc(CNc2ccc3c(c2)CCC3)cc1. The Morgan fingerprint density at radius 3 is 2.56 bits per heavy atom. The lowest BCUT2D eigenvalue weighted by atomic mass is 10.1. The molecule has 2 aromatic rings. The van der Waals surface area contributed by atoms with E-state index in [2.05, 4.69) is 35.6 Å². The molecule has 0 atom stereocenters. The topological polar surface area (TPSA) is 12.0 Å². The van der Waals surface area contributed by atoms with Crippen molar-refractivity contribution in [1.29, 1.82) is 0 Å². The molecule has 0 heterocycles. The van der Waals surface area contributed by atoms with Gasteiger partial charge in [-0.1, -0.05) is 29.8 Å². The van der Waals surface area contributed by atoms with Gasteiger partial charge in [0, 0.05) is 17.3 Å². The third-order valence-electron chi connectivity index (χ3n) is 3.51. The summed E-state index contributed by atoms with van der Waals surface area (Å²) < 4.78 is 0. The zero-order chi connectivity index (χ0) is 12.4. The summed E-state index contributed by atoms with van der Waals surface area (Å²) in [6.45, 7) is 0.843. The van der Waals surface area contributed by atoms with Gasteiger partial charge in [-0.05, 0) is 60.2 Å². The minimum atomic E-state index is 0.788. The number of benzene rings is 2. The Hall–Kier alpha value is -1.47. The summed E-state index contributed by atoms with van der Waals surface area (Å²) >= 11 is 5.87. The maximum atomic E-state index is 5.87. The number of halogens is 1. The maximum absolute atomic E-state index is 5.87. The van der Waals surface area contributed by atoms with E-state index in [9.17, 15) is 0 Å². The molecule has 2 aromatic carbocycles. The fourth-order valence-electron chi connectivity index (χ4n) is 2.49. The van der Waals surface area contributed by atoms with E-state index in [4.69, 9.17) is 11.6 Å². The molecule has 92 valence electrons. The molecule has 0 saturated carbocycles. The normalized spacial score (nSPS) is 13.4. The van der Waals surface area contributed by atoms with Crippen LogP contribution < -0.4 is 5.32 Å². The standard InChI is InChI=1S/C16H16ClN/c17-15-7-4-12(5-8-15)11-18-16-9-6-13-2-1-3-14(13)10-16/h4-10,18H,1-3,11H2. The van der Waals surface area contributed by atoms with Crippen molar-refractivity contribution in [3.63, 3.8) is 0 Å². The predicted molar refractivity (Wildman–Crippen MR) is 77.2 cm³/mol. The molecule has 3 rings (SSSR count). The van der Waals surface area contributed by atoms with E-state index in [1.807, 2.05) is 12.1 Å². The molecule has 0 spiro atoms. The smallest absolute Gasteiger partial charge is 0.0406 e. The first-order valence-electron chi connectivity index (χ1n) is 6.41. The molecule has 1 aliphatic rings. The van der Waals surface area contributed by atoms with Crippen molar-refractivity contribution in [2.45, 2.75) is 25.8 Å². The average Bonchev–Trinajstić information content (AvgIpc) is 2.85. The first kappa shape index (κ1) is 11.6. The third-order valence-corrected chi connectivity index (χ3v) is 3.76. The Kier molecular flexibility index (Phi) is 3.24. The van der Waals surface area contributed by atoms with E-state index in [1.165, 1.54) is 41.6 Å². The van der Waals surface area contributed by atoms with Gasteiger partial charge in [0.1, 0.15) is 0 Å². The van der Waals surface area contributed by atoms with Crippen molar-refractivity contribution in [1.82, 2.24) is 0 Å². The molecular weight excluding hydrogens is 242 g/mol. The number of hydrogen-bond donors (Lipinski definition) is 1. The van der Waals surface area contributed by atoms with Crippen LogP contribution in [-0.2, 0) is 19.4 Å². The Morgan fingerprint density at radius 2 is 1.72 bits per heavy atom. The molecule has 1 N–H and O–H groups in total. The van der Waals surface area contributed by atoms with Crippen LogP contribution in [-0.4, -0.2) is 0 Å². The Labute approximate surface area is 113 Å². The number of anilines is 1. The first-order valence-corrected chi connectivity index (χ1v) is 6.79. The highest BCUT2D eigenvalue weighted by atomic mass is 35.5. The van der Waals surface area contributed by atoms with E-state index < -0.39 is 0 Å². The number of fused-ring (bicyclic) bond motifs is 1. The second-order valence-electron chi connectivity index (χ2n) is 4.82. The van der Waals surface area contributed by atoms with Crippen molar-refractivity contribution in [2.75, 3.05) is 5.32 Å². The van der Waals surface area contributed by atoms with Gasteiger partial charge in [-0.2, -0.15) is 0 Å². The highest BCUT2D eigenvalue weighted by Gasteiger charge is 2.10. The number of hydrogen-bond acceptors (Lipinski definition) is 1. The quantitative estimate of drug-likeness (QED) is 0.857. The van der Waals surface area contributed by atoms with Crippen LogP contribution in [0.25, 0.3) is 0 Å². The lowest BCUT2D eigenvalue weighted by Gasteiger charge is -2.08. The summed E-state index contributed by atoms with van der Waals surface area (Å²) in [6.07, 6.45) is 3.77. The second kappa shape index (κ2) is 5.03. The molecule has 2 heteroatoms. The van der Waals surface area contributed by atoms with Crippen molar-refractivity contribution in [3.05, 3.63) is 64.2 Å². The highest BCUT2D eigenvalue weighted by molar-refractivity contribution is 6.30. The van der Waals surface area contributed by atoms with Crippen LogP contribution >= 0.6 is 11.6 Å². The predicted octanol–water partition coefficient (Wildman–Crippen LogP) is 4.44. The highest BCUT2D eigenvalue weighted by Crippen LogP contribution is 2.25. The summed E-state index contributed by atoms with van der Waals surface area (Å²) in [7, 11) is 0. The summed E-state index contributed by atoms with van der Waals surface area (Å²) in [5, 5.41) is 4.26. The van der Waals surface area contributed by atoms with E-state index in [-0.39, 0.29) is 0 Å². The van der Waals surface area contributed by atoms with Crippen LogP contribution in [0.2, 0.25) is 5.02 Å². The van der Waals surface area contributed by atoms with Crippen molar-refractivity contribution in [3.8, 4) is 0 Å². The average molecular weight is 258 g/mol. The summed E-state index contributed by atoms with van der Waals surface area (Å²) in [6, 6.07) is 14.7. The molecule has 18 heavy (non-hydrogen) atoms. The Morgan fingerprint density at radius 1 is 0.944 bits per heavy atom. The molecule has 0 fully saturated rings. The Bertz CT molecular complexity index is 546. The molecule has 0 saturated heterocycles. The van der Waals surface area contributed by atoms with Gasteiger partial charge in [0.2, 0.25) is 0 Å². The second-order valence-corrected chi connectivity index (χ2v) is 5.25. The lowest BCUT2D eigenvalue weighted by molar-refractivity contribution is 0.912. The van der Waals surface area contributed by atoms with Gasteiger partial charge in [0.05, 0.1) is 0 Å². The van der Waals surface area contributed by atoms with Crippen LogP contribution in [0.1, 0.15) is 23.1 Å². The minimum Gasteiger partial charge on any atom is -0.381 e. The fraction of sp³-hybridized carbons (Fsp3) is 0.250. The van der Waals surface area contributed by atoms with Crippen LogP contribution in [0.3, 0.4) is 0 Å². The van der Waals surface area contributed by atoms with E-state index in [1.54, 1.807) is 0 Å². The molecule has 0 aromatic heterocycles. The molecule has 0 unspecified atom stereocenters. The van der Waals surface area contributed by atoms with Crippen LogP contribution in [0.4, 0.5) is 5.69 Å². The first-order chi connectivity index (χ1) is 8.81. The molecular formula is C16H16ClN. The van der Waals surface area contributed by atoms with Gasteiger partial charge in [-0.3, -0.25) is 0 Å². The molecule has 1 aliphatic carbocycles.